The summed E-state index contributed by atoms with van der Waals surface area (Å²) in [6.45, 7) is 0. The lowest BCUT2D eigenvalue weighted by Gasteiger charge is -2.36. The third-order valence-corrected chi connectivity index (χ3v) is 9.16. The van der Waals surface area contributed by atoms with Gasteiger partial charge in [-0.25, -0.2) is 0 Å². The van der Waals surface area contributed by atoms with Gasteiger partial charge in [-0.2, -0.15) is 0 Å². The fourth-order valence-electron chi connectivity index (χ4n) is 6.89. The SMILES string of the molecule is CN(c1ccccc1)c1ccc(N(c2ccccc2)C2CC=CC=C2c2ccc3c4ccccc4n(-c4ccccc4)c3c2)cc1. The van der Waals surface area contributed by atoms with Gasteiger partial charge in [-0.05, 0) is 90.4 Å². The van der Waals surface area contributed by atoms with E-state index in [1.54, 1.807) is 0 Å². The van der Waals surface area contributed by atoms with Crippen molar-refractivity contribution in [3.05, 3.63) is 182 Å². The number of benzene rings is 6. The molecule has 1 atom stereocenters. The Hall–Kier alpha value is -5.80. The minimum atomic E-state index is 0.122. The van der Waals surface area contributed by atoms with Crippen LogP contribution in [-0.4, -0.2) is 17.7 Å². The van der Waals surface area contributed by atoms with Crippen LogP contribution in [-0.2, 0) is 0 Å². The van der Waals surface area contributed by atoms with Gasteiger partial charge in [0.25, 0.3) is 0 Å². The summed E-state index contributed by atoms with van der Waals surface area (Å²) in [7, 11) is 2.12. The molecular weight excluding hydrogens is 558 g/mol. The van der Waals surface area contributed by atoms with Crippen LogP contribution in [0.25, 0.3) is 33.1 Å². The molecule has 1 aliphatic carbocycles. The molecular formula is C43H35N3. The van der Waals surface area contributed by atoms with E-state index in [0.717, 1.165) is 12.1 Å². The molecule has 0 spiro atoms. The van der Waals surface area contributed by atoms with Crippen molar-refractivity contribution in [2.45, 2.75) is 12.5 Å². The molecule has 0 bridgehead atoms. The lowest BCUT2D eigenvalue weighted by Crippen LogP contribution is -2.33. The first-order valence-electron chi connectivity index (χ1n) is 15.9. The minimum Gasteiger partial charge on any atom is -0.345 e. The zero-order valence-electron chi connectivity index (χ0n) is 25.9. The molecule has 0 radical (unpaired) electrons. The van der Waals surface area contributed by atoms with E-state index in [2.05, 4.69) is 197 Å². The summed E-state index contributed by atoms with van der Waals surface area (Å²) < 4.78 is 2.40. The molecule has 0 aliphatic heterocycles. The first-order chi connectivity index (χ1) is 22.8. The zero-order chi connectivity index (χ0) is 30.9. The van der Waals surface area contributed by atoms with Crippen LogP contribution in [0.5, 0.6) is 0 Å². The molecule has 46 heavy (non-hydrogen) atoms. The molecule has 0 saturated carbocycles. The van der Waals surface area contributed by atoms with Crippen molar-refractivity contribution in [1.29, 1.82) is 0 Å². The molecule has 0 amide bonds. The van der Waals surface area contributed by atoms with Crippen molar-refractivity contribution in [1.82, 2.24) is 4.57 Å². The van der Waals surface area contributed by atoms with Gasteiger partial charge in [-0.1, -0.05) is 103 Å². The Labute approximate surface area is 270 Å². The maximum atomic E-state index is 2.50. The van der Waals surface area contributed by atoms with Crippen molar-refractivity contribution in [2.24, 2.45) is 0 Å². The van der Waals surface area contributed by atoms with Crippen LogP contribution in [0, 0.1) is 0 Å². The van der Waals surface area contributed by atoms with E-state index >= 15 is 0 Å². The largest absolute Gasteiger partial charge is 0.345 e. The number of hydrogen-bond acceptors (Lipinski definition) is 2. The van der Waals surface area contributed by atoms with Crippen molar-refractivity contribution in [2.75, 3.05) is 16.8 Å². The van der Waals surface area contributed by atoms with Gasteiger partial charge in [-0.3, -0.25) is 0 Å². The summed E-state index contributed by atoms with van der Waals surface area (Å²) >= 11 is 0. The number of para-hydroxylation sites is 4. The van der Waals surface area contributed by atoms with Gasteiger partial charge in [0.05, 0.1) is 17.1 Å². The number of hydrogen-bond donors (Lipinski definition) is 0. The smallest absolute Gasteiger partial charge is 0.0631 e. The lowest BCUT2D eigenvalue weighted by atomic mass is 9.90. The Morgan fingerprint density at radius 3 is 1.85 bits per heavy atom. The van der Waals surface area contributed by atoms with E-state index in [9.17, 15) is 0 Å². The molecule has 7 aromatic rings. The number of aromatic nitrogens is 1. The van der Waals surface area contributed by atoms with Crippen molar-refractivity contribution < 1.29 is 0 Å². The fourth-order valence-corrected chi connectivity index (χ4v) is 6.89. The van der Waals surface area contributed by atoms with Gasteiger partial charge in [0.2, 0.25) is 0 Å². The van der Waals surface area contributed by atoms with Gasteiger partial charge in [-0.15, -0.1) is 0 Å². The zero-order valence-corrected chi connectivity index (χ0v) is 25.9. The molecule has 6 aromatic carbocycles. The third-order valence-electron chi connectivity index (χ3n) is 9.16. The van der Waals surface area contributed by atoms with Crippen molar-refractivity contribution in [3.63, 3.8) is 0 Å². The minimum absolute atomic E-state index is 0.122. The Morgan fingerprint density at radius 1 is 0.543 bits per heavy atom. The van der Waals surface area contributed by atoms with Crippen LogP contribution in [0.1, 0.15) is 12.0 Å². The molecule has 1 unspecified atom stereocenters. The second kappa shape index (κ2) is 11.9. The number of rotatable bonds is 7. The van der Waals surface area contributed by atoms with Gasteiger partial charge >= 0.3 is 0 Å². The topological polar surface area (TPSA) is 11.4 Å². The highest BCUT2D eigenvalue weighted by Gasteiger charge is 2.27. The first-order valence-corrected chi connectivity index (χ1v) is 15.9. The Kier molecular flexibility index (Phi) is 7.20. The van der Waals surface area contributed by atoms with Gasteiger partial charge < -0.3 is 14.4 Å². The number of fused-ring (bicyclic) bond motifs is 3. The van der Waals surface area contributed by atoms with E-state index in [1.165, 1.54) is 55.7 Å². The molecule has 1 aliphatic rings. The summed E-state index contributed by atoms with van der Waals surface area (Å²) in [6.07, 6.45) is 7.72. The van der Waals surface area contributed by atoms with Gasteiger partial charge in [0, 0.05) is 46.3 Å². The monoisotopic (exact) mass is 593 g/mol. The molecule has 0 saturated heterocycles. The molecule has 0 fully saturated rings. The number of nitrogens with zero attached hydrogens (tertiary/aromatic N) is 3. The highest BCUT2D eigenvalue weighted by molar-refractivity contribution is 6.10. The van der Waals surface area contributed by atoms with E-state index in [0.29, 0.717) is 0 Å². The summed E-state index contributed by atoms with van der Waals surface area (Å²) in [5, 5.41) is 2.54. The van der Waals surface area contributed by atoms with E-state index in [4.69, 9.17) is 0 Å². The van der Waals surface area contributed by atoms with Crippen LogP contribution in [0.2, 0.25) is 0 Å². The molecule has 1 heterocycles. The molecule has 3 nitrogen and oxygen atoms in total. The average molecular weight is 594 g/mol. The molecule has 1 aromatic heterocycles. The van der Waals surface area contributed by atoms with Gasteiger partial charge in [0.1, 0.15) is 0 Å². The normalized spacial score (nSPS) is 14.4. The van der Waals surface area contributed by atoms with Crippen LogP contribution in [0.3, 0.4) is 0 Å². The average Bonchev–Trinajstić information content (AvgIpc) is 3.47. The predicted octanol–water partition coefficient (Wildman–Crippen LogP) is 11.1. The highest BCUT2D eigenvalue weighted by Crippen LogP contribution is 2.40. The molecule has 0 N–H and O–H groups in total. The first kappa shape index (κ1) is 27.7. The summed E-state index contributed by atoms with van der Waals surface area (Å²) in [5.74, 6) is 0. The van der Waals surface area contributed by atoms with E-state index in [1.807, 2.05) is 0 Å². The van der Waals surface area contributed by atoms with Crippen LogP contribution in [0.15, 0.2) is 176 Å². The molecule has 8 rings (SSSR count). The van der Waals surface area contributed by atoms with Crippen LogP contribution in [0.4, 0.5) is 22.7 Å². The lowest BCUT2D eigenvalue weighted by molar-refractivity contribution is 0.802. The van der Waals surface area contributed by atoms with Crippen LogP contribution >= 0.6 is 0 Å². The van der Waals surface area contributed by atoms with E-state index < -0.39 is 0 Å². The highest BCUT2D eigenvalue weighted by atomic mass is 15.2. The van der Waals surface area contributed by atoms with Crippen molar-refractivity contribution in [3.8, 4) is 5.69 Å². The Balaban J connectivity index is 1.23. The Bertz CT molecular complexity index is 2180. The van der Waals surface area contributed by atoms with Crippen molar-refractivity contribution >= 4 is 50.1 Å². The maximum absolute atomic E-state index is 2.50. The second-order valence-electron chi connectivity index (χ2n) is 11.8. The van der Waals surface area contributed by atoms with Gasteiger partial charge in [0.15, 0.2) is 0 Å². The number of anilines is 4. The summed E-state index contributed by atoms with van der Waals surface area (Å²) in [5.41, 5.74) is 10.8. The fraction of sp³-hybridized carbons (Fsp3) is 0.0698. The maximum Gasteiger partial charge on any atom is 0.0631 e. The standard InChI is InChI=1S/C43H35N3/c1-44(33-15-5-2-6-16-33)34-26-28-37(29-27-34)45(35-17-7-3-8-18-35)41-23-13-11-21-38(41)32-25-30-40-39-22-12-14-24-42(39)46(43(40)31-32)36-19-9-4-10-20-36/h2-22,24-31,41H,23H2,1H3. The quantitative estimate of drug-likeness (QED) is 0.182. The number of allylic oxidation sites excluding steroid dienone is 2. The molecule has 3 heteroatoms. The Morgan fingerprint density at radius 2 is 1.11 bits per heavy atom. The summed E-state index contributed by atoms with van der Waals surface area (Å²) in [6, 6.07) is 56.8. The molecule has 222 valence electrons. The second-order valence-corrected chi connectivity index (χ2v) is 11.8. The summed E-state index contributed by atoms with van der Waals surface area (Å²) in [4.78, 5) is 4.73. The van der Waals surface area contributed by atoms with Crippen LogP contribution < -0.4 is 9.80 Å². The third kappa shape index (κ3) is 4.96. The predicted molar refractivity (Wildman–Crippen MR) is 196 cm³/mol. The van der Waals surface area contributed by atoms with E-state index in [-0.39, 0.29) is 6.04 Å².